The van der Waals surface area contributed by atoms with E-state index in [0.29, 0.717) is 0 Å². The Bertz CT molecular complexity index is 1000. The summed E-state index contributed by atoms with van der Waals surface area (Å²) in [6.07, 6.45) is 2.04. The molecule has 142 valence electrons. The van der Waals surface area contributed by atoms with E-state index in [-0.39, 0.29) is 17.5 Å². The van der Waals surface area contributed by atoms with Gasteiger partial charge in [0.15, 0.2) is 0 Å². The summed E-state index contributed by atoms with van der Waals surface area (Å²) in [5, 5.41) is 9.77. The second-order valence-corrected chi connectivity index (χ2v) is 7.26. The number of piperidine rings is 1. The lowest BCUT2D eigenvalue weighted by Crippen LogP contribution is -2.39. The highest BCUT2D eigenvalue weighted by molar-refractivity contribution is 5.77. The van der Waals surface area contributed by atoms with E-state index in [9.17, 15) is 9.90 Å². The van der Waals surface area contributed by atoms with Gasteiger partial charge in [0, 0.05) is 26.2 Å². The number of nitrogens with zero attached hydrogens (tertiary/aromatic N) is 3. The molecule has 1 unspecified atom stereocenters. The number of aryl methyl sites for hydroxylation is 1. The van der Waals surface area contributed by atoms with E-state index in [1.54, 1.807) is 30.9 Å². The van der Waals surface area contributed by atoms with Crippen LogP contribution in [-0.2, 0) is 13.6 Å². The number of methoxy groups -OCH3 is 1. The van der Waals surface area contributed by atoms with E-state index in [1.165, 1.54) is 5.56 Å². The molecule has 1 aromatic heterocycles. The molecule has 0 spiro atoms. The van der Waals surface area contributed by atoms with Crippen molar-refractivity contribution in [3.63, 3.8) is 0 Å². The van der Waals surface area contributed by atoms with E-state index in [0.717, 1.165) is 49.3 Å². The first-order valence-electron chi connectivity index (χ1n) is 9.32. The number of phenolic OH excluding ortho intramolecular Hbond substituents is 1. The van der Waals surface area contributed by atoms with Crippen LogP contribution >= 0.6 is 0 Å². The molecule has 27 heavy (non-hydrogen) atoms. The van der Waals surface area contributed by atoms with Crippen LogP contribution in [0, 0.1) is 0 Å². The Kier molecular flexibility index (Phi) is 4.66. The average molecular weight is 367 g/mol. The van der Waals surface area contributed by atoms with Crippen molar-refractivity contribution < 1.29 is 9.84 Å². The number of aromatic nitrogens is 2. The van der Waals surface area contributed by atoms with Crippen LogP contribution in [0.3, 0.4) is 0 Å². The number of ether oxygens (including phenoxy) is 1. The molecule has 1 aliphatic rings. The van der Waals surface area contributed by atoms with Crippen molar-refractivity contribution in [2.75, 3.05) is 20.2 Å². The van der Waals surface area contributed by atoms with Gasteiger partial charge in [0.05, 0.1) is 24.2 Å². The van der Waals surface area contributed by atoms with Crippen molar-refractivity contribution in [1.82, 2.24) is 14.0 Å². The summed E-state index contributed by atoms with van der Waals surface area (Å²) in [5.41, 5.74) is 2.88. The topological polar surface area (TPSA) is 59.6 Å². The van der Waals surface area contributed by atoms with Gasteiger partial charge in [-0.3, -0.25) is 14.0 Å². The maximum atomic E-state index is 12.8. The molecular weight excluding hydrogens is 342 g/mol. The van der Waals surface area contributed by atoms with Crippen molar-refractivity contribution in [2.45, 2.75) is 25.4 Å². The van der Waals surface area contributed by atoms with Gasteiger partial charge in [-0.25, -0.2) is 4.79 Å². The molecule has 6 nitrogen and oxygen atoms in total. The number of benzene rings is 2. The number of phenols is 1. The first-order chi connectivity index (χ1) is 13.1. The fourth-order valence-corrected chi connectivity index (χ4v) is 4.08. The number of aromatic hydroxyl groups is 1. The Labute approximate surface area is 158 Å². The third-order valence-electron chi connectivity index (χ3n) is 5.48. The predicted octanol–water partition coefficient (Wildman–Crippen LogP) is 2.89. The SMILES string of the molecule is COc1ccc(CN2CCCC(n3c(=O)n(C)c4cc(O)ccc43)C2)cc1. The van der Waals surface area contributed by atoms with Crippen LogP contribution in [0.2, 0.25) is 0 Å². The molecule has 1 fully saturated rings. The van der Waals surface area contributed by atoms with Crippen LogP contribution in [0.4, 0.5) is 0 Å². The molecule has 1 saturated heterocycles. The number of imidazole rings is 1. The zero-order valence-electron chi connectivity index (χ0n) is 15.8. The molecule has 2 aromatic carbocycles. The lowest BCUT2D eigenvalue weighted by atomic mass is 10.0. The lowest BCUT2D eigenvalue weighted by molar-refractivity contribution is 0.170. The Hall–Kier alpha value is -2.73. The second-order valence-electron chi connectivity index (χ2n) is 7.26. The summed E-state index contributed by atoms with van der Waals surface area (Å²) in [7, 11) is 3.43. The maximum absolute atomic E-state index is 12.8. The highest BCUT2D eigenvalue weighted by Crippen LogP contribution is 2.27. The minimum Gasteiger partial charge on any atom is -0.508 e. The van der Waals surface area contributed by atoms with Crippen molar-refractivity contribution in [1.29, 1.82) is 0 Å². The van der Waals surface area contributed by atoms with Gasteiger partial charge in [-0.15, -0.1) is 0 Å². The first-order valence-corrected chi connectivity index (χ1v) is 9.32. The number of hydrogen-bond donors (Lipinski definition) is 1. The van der Waals surface area contributed by atoms with E-state index in [1.807, 2.05) is 22.8 Å². The molecule has 0 radical (unpaired) electrons. The van der Waals surface area contributed by atoms with Gasteiger partial charge in [0.25, 0.3) is 0 Å². The number of hydrogen-bond acceptors (Lipinski definition) is 4. The monoisotopic (exact) mass is 367 g/mol. The Balaban J connectivity index is 1.59. The van der Waals surface area contributed by atoms with Crippen LogP contribution in [-0.4, -0.2) is 39.3 Å². The Morgan fingerprint density at radius 3 is 2.67 bits per heavy atom. The third-order valence-corrected chi connectivity index (χ3v) is 5.48. The van der Waals surface area contributed by atoms with Gasteiger partial charge in [-0.1, -0.05) is 12.1 Å². The van der Waals surface area contributed by atoms with Crippen LogP contribution in [0.5, 0.6) is 11.5 Å². The summed E-state index contributed by atoms with van der Waals surface area (Å²) >= 11 is 0. The zero-order chi connectivity index (χ0) is 19.0. The predicted molar refractivity (Wildman–Crippen MR) is 105 cm³/mol. The molecule has 1 atom stereocenters. The van der Waals surface area contributed by atoms with Crippen molar-refractivity contribution in [3.8, 4) is 11.5 Å². The highest BCUT2D eigenvalue weighted by Gasteiger charge is 2.25. The van der Waals surface area contributed by atoms with Crippen LogP contribution < -0.4 is 10.4 Å². The quantitative estimate of drug-likeness (QED) is 0.770. The molecule has 2 heterocycles. The molecule has 6 heteroatoms. The molecule has 0 aliphatic carbocycles. The van der Waals surface area contributed by atoms with Gasteiger partial charge >= 0.3 is 5.69 Å². The largest absolute Gasteiger partial charge is 0.508 e. The second kappa shape index (κ2) is 7.12. The molecule has 3 aromatic rings. The minimum atomic E-state index is -0.0214. The summed E-state index contributed by atoms with van der Waals surface area (Å²) < 4.78 is 8.75. The fourth-order valence-electron chi connectivity index (χ4n) is 4.08. The molecule has 0 amide bonds. The normalized spacial score (nSPS) is 18.1. The molecule has 0 saturated carbocycles. The number of fused-ring (bicyclic) bond motifs is 1. The average Bonchev–Trinajstić information content (AvgIpc) is 2.93. The van der Waals surface area contributed by atoms with E-state index < -0.39 is 0 Å². The van der Waals surface area contributed by atoms with Crippen molar-refractivity contribution in [2.24, 2.45) is 7.05 Å². The zero-order valence-corrected chi connectivity index (χ0v) is 15.8. The van der Waals surface area contributed by atoms with Crippen LogP contribution in [0.1, 0.15) is 24.4 Å². The molecule has 1 aliphatic heterocycles. The highest BCUT2D eigenvalue weighted by atomic mass is 16.5. The summed E-state index contributed by atoms with van der Waals surface area (Å²) in [6.45, 7) is 2.73. The van der Waals surface area contributed by atoms with Crippen LogP contribution in [0.15, 0.2) is 47.3 Å². The molecule has 4 rings (SSSR count). The Morgan fingerprint density at radius 2 is 1.93 bits per heavy atom. The molecular formula is C21H25N3O3. The summed E-state index contributed by atoms with van der Waals surface area (Å²) in [5.74, 6) is 1.04. The number of rotatable bonds is 4. The first kappa shape index (κ1) is 17.7. The number of likely N-dealkylation sites (tertiary alicyclic amines) is 1. The van der Waals surface area contributed by atoms with Gasteiger partial charge in [-0.2, -0.15) is 0 Å². The van der Waals surface area contributed by atoms with Gasteiger partial charge in [0.1, 0.15) is 11.5 Å². The maximum Gasteiger partial charge on any atom is 0.329 e. The van der Waals surface area contributed by atoms with E-state index >= 15 is 0 Å². The van der Waals surface area contributed by atoms with Gasteiger partial charge in [-0.05, 0) is 49.2 Å². The van der Waals surface area contributed by atoms with Crippen LogP contribution in [0.25, 0.3) is 11.0 Å². The smallest absolute Gasteiger partial charge is 0.329 e. The van der Waals surface area contributed by atoms with Crippen molar-refractivity contribution >= 4 is 11.0 Å². The lowest BCUT2D eigenvalue weighted by Gasteiger charge is -2.33. The van der Waals surface area contributed by atoms with E-state index in [2.05, 4.69) is 17.0 Å². The van der Waals surface area contributed by atoms with Gasteiger partial charge < -0.3 is 9.84 Å². The molecule has 0 bridgehead atoms. The minimum absolute atomic E-state index is 0.0214. The summed E-state index contributed by atoms with van der Waals surface area (Å²) in [4.78, 5) is 15.3. The van der Waals surface area contributed by atoms with Crippen molar-refractivity contribution in [3.05, 3.63) is 58.5 Å². The Morgan fingerprint density at radius 1 is 1.15 bits per heavy atom. The third kappa shape index (κ3) is 3.32. The van der Waals surface area contributed by atoms with E-state index in [4.69, 9.17) is 4.74 Å². The molecule has 1 N–H and O–H groups in total. The standard InChI is InChI=1S/C21H25N3O3/c1-22-20-12-17(25)7-10-19(20)24(21(22)26)16-4-3-11-23(14-16)13-15-5-8-18(27-2)9-6-15/h5-10,12,16,25H,3-4,11,13-14H2,1-2H3. The fraction of sp³-hybridized carbons (Fsp3) is 0.381. The van der Waals surface area contributed by atoms with Gasteiger partial charge in [0.2, 0.25) is 0 Å². The summed E-state index contributed by atoms with van der Waals surface area (Å²) in [6, 6.07) is 13.4.